The van der Waals surface area contributed by atoms with E-state index < -0.39 is 11.8 Å². The van der Waals surface area contributed by atoms with Crippen LogP contribution in [-0.2, 0) is 13.0 Å². The fourth-order valence-corrected chi connectivity index (χ4v) is 3.19. The number of methoxy groups -OCH3 is 1. The number of ether oxygens (including phenoxy) is 1. The molecule has 1 heterocycles. The first kappa shape index (κ1) is 18.6. The third-order valence-corrected chi connectivity index (χ3v) is 4.60. The van der Waals surface area contributed by atoms with Gasteiger partial charge in [-0.1, -0.05) is 18.2 Å². The first-order valence-electron chi connectivity index (χ1n) is 8.43. The summed E-state index contributed by atoms with van der Waals surface area (Å²) in [6, 6.07) is 12.0. The van der Waals surface area contributed by atoms with Crippen LogP contribution in [0.1, 0.15) is 21.6 Å². The quantitative estimate of drug-likeness (QED) is 0.684. The summed E-state index contributed by atoms with van der Waals surface area (Å²) in [6.07, 6.45) is 0.367. The Hall–Kier alpha value is -3.15. The molecule has 140 valence electrons. The second-order valence-electron chi connectivity index (χ2n) is 6.17. The molecular weight excluding hydrogens is 352 g/mol. The minimum atomic E-state index is -1.08. The summed E-state index contributed by atoms with van der Waals surface area (Å²) in [6.45, 7) is 2.02. The molecule has 0 aliphatic heterocycles. The molecular formula is C21H19F2NO3. The molecule has 0 amide bonds. The maximum atomic E-state index is 13.9. The van der Waals surface area contributed by atoms with E-state index in [2.05, 4.69) is 0 Å². The van der Waals surface area contributed by atoms with Crippen molar-refractivity contribution < 1.29 is 23.4 Å². The summed E-state index contributed by atoms with van der Waals surface area (Å²) in [4.78, 5) is 11.6. The second-order valence-corrected chi connectivity index (χ2v) is 6.17. The number of carboxylic acids is 1. The number of aromatic carboxylic acids is 1. The van der Waals surface area contributed by atoms with Crippen LogP contribution in [0.2, 0.25) is 0 Å². The van der Waals surface area contributed by atoms with E-state index in [4.69, 9.17) is 4.74 Å². The Bertz CT molecular complexity index is 995. The lowest BCUT2D eigenvalue weighted by molar-refractivity contribution is 0.0696. The van der Waals surface area contributed by atoms with Gasteiger partial charge in [0.2, 0.25) is 0 Å². The van der Waals surface area contributed by atoms with Gasteiger partial charge in [-0.2, -0.15) is 0 Å². The minimum Gasteiger partial charge on any atom is -0.496 e. The summed E-state index contributed by atoms with van der Waals surface area (Å²) in [5.41, 5.74) is 2.11. The largest absolute Gasteiger partial charge is 0.496 e. The molecule has 0 bridgehead atoms. The number of hydrogen-bond donors (Lipinski definition) is 1. The zero-order valence-corrected chi connectivity index (χ0v) is 15.0. The lowest BCUT2D eigenvalue weighted by Crippen LogP contribution is -2.08. The van der Waals surface area contributed by atoms with E-state index in [0.717, 1.165) is 0 Å². The Morgan fingerprint density at radius 3 is 2.56 bits per heavy atom. The first-order chi connectivity index (χ1) is 12.9. The van der Waals surface area contributed by atoms with Gasteiger partial charge in [0.05, 0.1) is 18.4 Å². The van der Waals surface area contributed by atoms with Crippen molar-refractivity contribution in [3.8, 4) is 17.0 Å². The van der Waals surface area contributed by atoms with Crippen molar-refractivity contribution in [3.63, 3.8) is 0 Å². The van der Waals surface area contributed by atoms with Crippen molar-refractivity contribution in [2.45, 2.75) is 19.9 Å². The van der Waals surface area contributed by atoms with Gasteiger partial charge in [-0.15, -0.1) is 0 Å². The average Bonchev–Trinajstić information content (AvgIpc) is 2.97. The van der Waals surface area contributed by atoms with E-state index in [1.54, 1.807) is 29.7 Å². The van der Waals surface area contributed by atoms with Gasteiger partial charge in [0.1, 0.15) is 17.4 Å². The molecule has 4 nitrogen and oxygen atoms in total. The molecule has 0 atom stereocenters. The number of aromatic nitrogens is 1. The molecule has 6 heteroatoms. The molecule has 0 fully saturated rings. The molecule has 0 aliphatic carbocycles. The smallest absolute Gasteiger partial charge is 0.337 e. The summed E-state index contributed by atoms with van der Waals surface area (Å²) in [7, 11) is 1.47. The number of hydrogen-bond acceptors (Lipinski definition) is 2. The van der Waals surface area contributed by atoms with Crippen LogP contribution in [0.25, 0.3) is 11.3 Å². The Balaban J connectivity index is 2.09. The SMILES string of the molecule is COc1ccc(F)cc1-c1cc(C(=O)O)c(C)n1CCc1ccccc1F. The highest BCUT2D eigenvalue weighted by Gasteiger charge is 2.20. The first-order valence-corrected chi connectivity index (χ1v) is 8.43. The molecule has 3 aromatic rings. The highest BCUT2D eigenvalue weighted by atomic mass is 19.1. The lowest BCUT2D eigenvalue weighted by atomic mass is 10.1. The highest BCUT2D eigenvalue weighted by molar-refractivity contribution is 5.91. The zero-order valence-electron chi connectivity index (χ0n) is 15.0. The fraction of sp³-hybridized carbons (Fsp3) is 0.190. The highest BCUT2D eigenvalue weighted by Crippen LogP contribution is 2.34. The number of halogens is 2. The molecule has 0 radical (unpaired) electrons. The second kappa shape index (κ2) is 7.61. The van der Waals surface area contributed by atoms with Gasteiger partial charge in [-0.25, -0.2) is 13.6 Å². The molecule has 0 aliphatic rings. The van der Waals surface area contributed by atoms with Crippen LogP contribution >= 0.6 is 0 Å². The van der Waals surface area contributed by atoms with Gasteiger partial charge in [0, 0.05) is 17.8 Å². The predicted molar refractivity (Wildman–Crippen MR) is 98.2 cm³/mol. The van der Waals surface area contributed by atoms with Crippen LogP contribution in [0.4, 0.5) is 8.78 Å². The monoisotopic (exact) mass is 371 g/mol. The Morgan fingerprint density at radius 2 is 1.89 bits per heavy atom. The van der Waals surface area contributed by atoms with Gasteiger partial charge in [-0.3, -0.25) is 0 Å². The molecule has 2 aromatic carbocycles. The van der Waals surface area contributed by atoms with E-state index in [0.29, 0.717) is 41.2 Å². The summed E-state index contributed by atoms with van der Waals surface area (Å²) >= 11 is 0. The van der Waals surface area contributed by atoms with Gasteiger partial charge in [0.25, 0.3) is 0 Å². The maximum absolute atomic E-state index is 13.9. The maximum Gasteiger partial charge on any atom is 0.337 e. The molecule has 3 rings (SSSR count). The molecule has 0 spiro atoms. The van der Waals surface area contributed by atoms with Crippen LogP contribution < -0.4 is 4.74 Å². The minimum absolute atomic E-state index is 0.116. The van der Waals surface area contributed by atoms with E-state index >= 15 is 0 Å². The van der Waals surface area contributed by atoms with Gasteiger partial charge >= 0.3 is 5.97 Å². The van der Waals surface area contributed by atoms with Crippen LogP contribution in [-0.4, -0.2) is 22.8 Å². The number of aryl methyl sites for hydroxylation is 1. The van der Waals surface area contributed by atoms with Crippen LogP contribution in [0, 0.1) is 18.6 Å². The van der Waals surface area contributed by atoms with E-state index in [-0.39, 0.29) is 11.4 Å². The Labute approximate surface area is 155 Å². The third-order valence-electron chi connectivity index (χ3n) is 4.60. The summed E-state index contributed by atoms with van der Waals surface area (Å²) < 4.78 is 34.9. The molecule has 0 saturated heterocycles. The van der Waals surface area contributed by atoms with E-state index in [1.165, 1.54) is 37.4 Å². The summed E-state index contributed by atoms with van der Waals surface area (Å²) in [5.74, 6) is -1.42. The van der Waals surface area contributed by atoms with Crippen molar-refractivity contribution in [3.05, 3.63) is 77.0 Å². The van der Waals surface area contributed by atoms with E-state index in [9.17, 15) is 18.7 Å². The Morgan fingerprint density at radius 1 is 1.15 bits per heavy atom. The molecule has 27 heavy (non-hydrogen) atoms. The number of carbonyl (C=O) groups is 1. The molecule has 0 saturated carbocycles. The lowest BCUT2D eigenvalue weighted by Gasteiger charge is -2.15. The van der Waals surface area contributed by atoms with Crippen molar-refractivity contribution in [2.75, 3.05) is 7.11 Å². The topological polar surface area (TPSA) is 51.5 Å². The normalized spacial score (nSPS) is 10.8. The van der Waals surface area contributed by atoms with Crippen LogP contribution in [0.3, 0.4) is 0 Å². The van der Waals surface area contributed by atoms with Crippen molar-refractivity contribution in [1.29, 1.82) is 0 Å². The van der Waals surface area contributed by atoms with Crippen LogP contribution in [0.15, 0.2) is 48.5 Å². The van der Waals surface area contributed by atoms with Gasteiger partial charge in [0.15, 0.2) is 0 Å². The predicted octanol–water partition coefficient (Wildman–Crippen LogP) is 4.69. The average molecular weight is 371 g/mol. The van der Waals surface area contributed by atoms with Gasteiger partial charge < -0.3 is 14.4 Å². The summed E-state index contributed by atoms with van der Waals surface area (Å²) in [5, 5.41) is 9.48. The van der Waals surface area contributed by atoms with Crippen molar-refractivity contribution >= 4 is 5.97 Å². The molecule has 1 N–H and O–H groups in total. The van der Waals surface area contributed by atoms with Gasteiger partial charge in [-0.05, 0) is 49.2 Å². The number of benzene rings is 2. The number of carboxylic acid groups (broad SMARTS) is 1. The third kappa shape index (κ3) is 3.69. The van der Waals surface area contributed by atoms with Crippen molar-refractivity contribution in [1.82, 2.24) is 4.57 Å². The standard InChI is InChI=1S/C21H19F2NO3/c1-13-16(21(25)26)12-19(17-11-15(22)7-8-20(17)27-2)24(13)10-9-14-5-3-4-6-18(14)23/h3-8,11-12H,9-10H2,1-2H3,(H,25,26). The molecule has 0 unspecified atom stereocenters. The fourth-order valence-electron chi connectivity index (χ4n) is 3.19. The number of nitrogens with zero attached hydrogens (tertiary/aromatic N) is 1. The van der Waals surface area contributed by atoms with E-state index in [1.807, 2.05) is 0 Å². The number of rotatable bonds is 6. The van der Waals surface area contributed by atoms with Crippen LogP contribution in [0.5, 0.6) is 5.75 Å². The zero-order chi connectivity index (χ0) is 19.6. The Kier molecular flexibility index (Phi) is 5.26. The van der Waals surface area contributed by atoms with Crippen molar-refractivity contribution in [2.24, 2.45) is 0 Å². The molecule has 1 aromatic heterocycles.